The Balaban J connectivity index is 2.45. The Morgan fingerprint density at radius 3 is 2.43 bits per heavy atom. The third-order valence-electron chi connectivity index (χ3n) is 2.92. The first-order valence-electron chi connectivity index (χ1n) is 5.95. The van der Waals surface area contributed by atoms with Crippen LogP contribution in [0, 0.1) is 19.7 Å². The molecule has 2 aromatic carbocycles. The first kappa shape index (κ1) is 16.3. The molecule has 0 radical (unpaired) electrons. The maximum atomic E-state index is 13.1. The van der Waals surface area contributed by atoms with Gasteiger partial charge in [-0.15, -0.1) is 0 Å². The van der Waals surface area contributed by atoms with Crippen LogP contribution in [0.5, 0.6) is 0 Å². The fourth-order valence-corrected chi connectivity index (χ4v) is 3.99. The molecular weight excluding hydrogens is 381 g/mol. The number of benzene rings is 2. The van der Waals surface area contributed by atoms with Crippen LogP contribution in [0.2, 0.25) is 5.02 Å². The van der Waals surface area contributed by atoms with Gasteiger partial charge in [-0.25, -0.2) is 12.8 Å². The van der Waals surface area contributed by atoms with E-state index in [1.165, 1.54) is 25.1 Å². The van der Waals surface area contributed by atoms with Crippen molar-refractivity contribution >= 4 is 43.2 Å². The Labute approximate surface area is 136 Å². The van der Waals surface area contributed by atoms with E-state index in [0.29, 0.717) is 20.7 Å². The minimum Gasteiger partial charge on any atom is -0.278 e. The molecule has 0 fully saturated rings. The van der Waals surface area contributed by atoms with Gasteiger partial charge < -0.3 is 0 Å². The predicted octanol–water partition coefficient (Wildman–Crippen LogP) is 4.66. The molecular formula is C14H12BrClFNO2S. The van der Waals surface area contributed by atoms with Crippen molar-refractivity contribution < 1.29 is 12.8 Å². The fraction of sp³-hybridized carbons (Fsp3) is 0.143. The van der Waals surface area contributed by atoms with Gasteiger partial charge in [0.05, 0.1) is 10.6 Å². The largest absolute Gasteiger partial charge is 0.278 e. The summed E-state index contributed by atoms with van der Waals surface area (Å²) in [5.74, 6) is -0.481. The summed E-state index contributed by atoms with van der Waals surface area (Å²) in [6.07, 6.45) is 0. The molecule has 0 aliphatic rings. The number of aryl methyl sites for hydroxylation is 2. The van der Waals surface area contributed by atoms with Gasteiger partial charge in [0, 0.05) is 9.50 Å². The van der Waals surface area contributed by atoms with Crippen LogP contribution in [0.1, 0.15) is 11.1 Å². The van der Waals surface area contributed by atoms with E-state index in [9.17, 15) is 12.8 Å². The van der Waals surface area contributed by atoms with Gasteiger partial charge in [-0.2, -0.15) is 0 Å². The Morgan fingerprint density at radius 2 is 1.81 bits per heavy atom. The SMILES string of the molecule is Cc1cc(Br)c(NS(=O)(=O)c2ccc(F)cc2C)cc1Cl. The number of nitrogens with one attached hydrogen (secondary N) is 1. The average molecular weight is 393 g/mol. The van der Waals surface area contributed by atoms with Crippen molar-refractivity contribution in [1.29, 1.82) is 0 Å². The molecule has 0 saturated carbocycles. The number of anilines is 1. The van der Waals surface area contributed by atoms with Crippen LogP contribution in [-0.4, -0.2) is 8.42 Å². The van der Waals surface area contributed by atoms with Crippen LogP contribution < -0.4 is 4.72 Å². The van der Waals surface area contributed by atoms with Crippen LogP contribution in [0.4, 0.5) is 10.1 Å². The number of rotatable bonds is 3. The molecule has 0 aliphatic heterocycles. The highest BCUT2D eigenvalue weighted by Gasteiger charge is 2.19. The summed E-state index contributed by atoms with van der Waals surface area (Å²) in [4.78, 5) is 0.0208. The Morgan fingerprint density at radius 1 is 1.14 bits per heavy atom. The summed E-state index contributed by atoms with van der Waals surface area (Å²) >= 11 is 9.30. The third-order valence-corrected chi connectivity index (χ3v) is 5.51. The minimum absolute atomic E-state index is 0.0208. The number of hydrogen-bond donors (Lipinski definition) is 1. The molecule has 0 saturated heterocycles. The van der Waals surface area contributed by atoms with Crippen LogP contribution in [0.3, 0.4) is 0 Å². The lowest BCUT2D eigenvalue weighted by Crippen LogP contribution is -2.14. The van der Waals surface area contributed by atoms with Crippen LogP contribution in [-0.2, 0) is 10.0 Å². The smallest absolute Gasteiger partial charge is 0.262 e. The standard InChI is InChI=1S/C14H12BrClFNO2S/c1-8-6-11(15)13(7-12(8)16)18-21(19,20)14-4-3-10(17)5-9(14)2/h3-7,18H,1-2H3. The second-order valence-corrected chi connectivity index (χ2v) is 7.51. The first-order chi connectivity index (χ1) is 9.70. The summed E-state index contributed by atoms with van der Waals surface area (Å²) in [7, 11) is -3.82. The lowest BCUT2D eigenvalue weighted by Gasteiger charge is -2.13. The molecule has 3 nitrogen and oxygen atoms in total. The van der Waals surface area contributed by atoms with Crippen molar-refractivity contribution in [3.63, 3.8) is 0 Å². The van der Waals surface area contributed by atoms with Gasteiger partial charge >= 0.3 is 0 Å². The predicted molar refractivity (Wildman–Crippen MR) is 85.8 cm³/mol. The van der Waals surface area contributed by atoms with Crippen molar-refractivity contribution in [2.75, 3.05) is 4.72 Å². The summed E-state index contributed by atoms with van der Waals surface area (Å²) < 4.78 is 40.9. The van der Waals surface area contributed by atoms with Crippen molar-refractivity contribution in [3.8, 4) is 0 Å². The van der Waals surface area contributed by atoms with Gasteiger partial charge in [0.25, 0.3) is 10.0 Å². The molecule has 112 valence electrons. The van der Waals surface area contributed by atoms with Crippen molar-refractivity contribution in [2.45, 2.75) is 18.7 Å². The molecule has 7 heteroatoms. The van der Waals surface area contributed by atoms with Gasteiger partial charge in [0.2, 0.25) is 0 Å². The summed E-state index contributed by atoms with van der Waals surface area (Å²) in [6.45, 7) is 3.35. The van der Waals surface area contributed by atoms with E-state index in [4.69, 9.17) is 11.6 Å². The maximum Gasteiger partial charge on any atom is 0.262 e. The number of hydrogen-bond acceptors (Lipinski definition) is 2. The minimum atomic E-state index is -3.82. The lowest BCUT2D eigenvalue weighted by molar-refractivity contribution is 0.598. The normalized spacial score (nSPS) is 11.5. The van der Waals surface area contributed by atoms with E-state index in [-0.39, 0.29) is 4.90 Å². The third kappa shape index (κ3) is 3.56. The summed E-state index contributed by atoms with van der Waals surface area (Å²) in [5.41, 5.74) is 1.48. The Kier molecular flexibility index (Phi) is 4.60. The van der Waals surface area contributed by atoms with E-state index in [2.05, 4.69) is 20.7 Å². The molecule has 2 rings (SSSR count). The zero-order valence-corrected chi connectivity index (χ0v) is 14.4. The Hall–Kier alpha value is -1.11. The van der Waals surface area contributed by atoms with E-state index in [1.54, 1.807) is 6.07 Å². The highest BCUT2D eigenvalue weighted by Crippen LogP contribution is 2.31. The topological polar surface area (TPSA) is 46.2 Å². The molecule has 0 spiro atoms. The van der Waals surface area contributed by atoms with Crippen molar-refractivity contribution in [1.82, 2.24) is 0 Å². The van der Waals surface area contributed by atoms with Crippen LogP contribution >= 0.6 is 27.5 Å². The Bertz CT molecular complexity index is 809. The zero-order valence-electron chi connectivity index (χ0n) is 11.2. The van der Waals surface area contributed by atoms with Crippen molar-refractivity contribution in [2.24, 2.45) is 0 Å². The molecule has 0 heterocycles. The zero-order chi connectivity index (χ0) is 15.8. The maximum absolute atomic E-state index is 13.1. The molecule has 0 aliphatic carbocycles. The fourth-order valence-electron chi connectivity index (χ4n) is 1.84. The van der Waals surface area contributed by atoms with Crippen LogP contribution in [0.25, 0.3) is 0 Å². The molecule has 0 unspecified atom stereocenters. The molecule has 0 amide bonds. The summed E-state index contributed by atoms with van der Waals surface area (Å²) in [5, 5.41) is 0.451. The van der Waals surface area contributed by atoms with E-state index >= 15 is 0 Å². The quantitative estimate of drug-likeness (QED) is 0.826. The molecule has 21 heavy (non-hydrogen) atoms. The van der Waals surface area contributed by atoms with Crippen molar-refractivity contribution in [3.05, 3.63) is 56.8 Å². The molecule has 0 bridgehead atoms. The summed E-state index contributed by atoms with van der Waals surface area (Å²) in [6, 6.07) is 6.76. The molecule has 0 atom stereocenters. The van der Waals surface area contributed by atoms with E-state index in [0.717, 1.165) is 11.6 Å². The molecule has 1 N–H and O–H groups in total. The van der Waals surface area contributed by atoms with Gasteiger partial charge in [-0.1, -0.05) is 11.6 Å². The number of sulfonamides is 1. The lowest BCUT2D eigenvalue weighted by atomic mass is 10.2. The van der Waals surface area contributed by atoms with Gasteiger partial charge in [-0.3, -0.25) is 4.72 Å². The highest BCUT2D eigenvalue weighted by molar-refractivity contribution is 9.10. The highest BCUT2D eigenvalue weighted by atomic mass is 79.9. The van der Waals surface area contributed by atoms with Gasteiger partial charge in [-0.05, 0) is 71.2 Å². The number of halogens is 3. The monoisotopic (exact) mass is 391 g/mol. The average Bonchev–Trinajstić information content (AvgIpc) is 2.35. The van der Waals surface area contributed by atoms with Gasteiger partial charge in [0.1, 0.15) is 5.82 Å². The first-order valence-corrected chi connectivity index (χ1v) is 8.61. The molecule has 0 aromatic heterocycles. The van der Waals surface area contributed by atoms with E-state index in [1.807, 2.05) is 6.92 Å². The second-order valence-electron chi connectivity index (χ2n) is 4.60. The molecule has 2 aromatic rings. The van der Waals surface area contributed by atoms with E-state index < -0.39 is 15.8 Å². The van der Waals surface area contributed by atoms with Gasteiger partial charge in [0.15, 0.2) is 0 Å². The second kappa shape index (κ2) is 5.94. The van der Waals surface area contributed by atoms with Crippen LogP contribution in [0.15, 0.2) is 39.7 Å².